The molecule has 0 spiro atoms. The van der Waals surface area contributed by atoms with Crippen LogP contribution >= 0.6 is 0 Å². The van der Waals surface area contributed by atoms with Crippen LogP contribution < -0.4 is 5.32 Å². The Labute approximate surface area is 204 Å². The molecule has 2 N–H and O–H groups in total. The fourth-order valence-corrected chi connectivity index (χ4v) is 4.01. The summed E-state index contributed by atoms with van der Waals surface area (Å²) in [5.74, 6) is 0.136. The molecule has 4 rings (SSSR count). The molecule has 35 heavy (non-hydrogen) atoms. The molecule has 1 aliphatic heterocycles. The highest BCUT2D eigenvalue weighted by Gasteiger charge is 2.26. The summed E-state index contributed by atoms with van der Waals surface area (Å²) in [6.07, 6.45) is 3.02. The second-order valence-electron chi connectivity index (χ2n) is 8.59. The number of hydrogen-bond acceptors (Lipinski definition) is 7. The minimum absolute atomic E-state index is 0.0304. The van der Waals surface area contributed by atoms with Gasteiger partial charge < -0.3 is 20.4 Å². The highest BCUT2D eigenvalue weighted by atomic mass is 16.6. The fraction of sp³-hybridized carbons (Fsp3) is 0.296. The Hall–Kier alpha value is -4.07. The Morgan fingerprint density at radius 3 is 2.31 bits per heavy atom. The Morgan fingerprint density at radius 2 is 1.63 bits per heavy atom. The first-order valence-corrected chi connectivity index (χ1v) is 11.8. The zero-order chi connectivity index (χ0) is 24.5. The minimum atomic E-state index is -0.389. The van der Waals surface area contributed by atoms with E-state index >= 15 is 0 Å². The van der Waals surface area contributed by atoms with E-state index in [1.54, 1.807) is 4.90 Å². The van der Waals surface area contributed by atoms with Gasteiger partial charge in [0.05, 0.1) is 5.71 Å². The first kappa shape index (κ1) is 24.1. The molecule has 8 heteroatoms. The molecule has 0 unspecified atom stereocenters. The van der Waals surface area contributed by atoms with Crippen molar-refractivity contribution in [3.8, 4) is 0 Å². The summed E-state index contributed by atoms with van der Waals surface area (Å²) in [5.41, 5.74) is 2.27. The van der Waals surface area contributed by atoms with E-state index in [0.29, 0.717) is 32.0 Å². The second-order valence-corrected chi connectivity index (χ2v) is 8.59. The standard InChI is InChI=1S/C27H29N5O3/c28-23(25(33)24-11-14-29-26(31-24)30-18-21-7-3-1-4-8-21)17-20-12-15-32(16-13-20)27(34)35-19-22-9-5-2-6-10-22/h1-11,14,20,28H,12-13,15-19H2,(H,29,30,31). The van der Waals surface area contributed by atoms with E-state index in [-0.39, 0.29) is 35.8 Å². The number of Topliss-reactive ketones (excluding diaryl/α,β-unsaturated/α-hetero) is 1. The number of amides is 1. The molecule has 180 valence electrons. The van der Waals surface area contributed by atoms with Gasteiger partial charge in [0.2, 0.25) is 11.7 Å². The average molecular weight is 472 g/mol. The van der Waals surface area contributed by atoms with Crippen LogP contribution in [0.2, 0.25) is 0 Å². The molecule has 1 aliphatic rings. The molecule has 8 nitrogen and oxygen atoms in total. The number of likely N-dealkylation sites (tertiary alicyclic amines) is 1. The van der Waals surface area contributed by atoms with Crippen molar-refractivity contribution in [1.29, 1.82) is 5.41 Å². The molecule has 0 saturated carbocycles. The van der Waals surface area contributed by atoms with Crippen molar-refractivity contribution in [2.45, 2.75) is 32.4 Å². The van der Waals surface area contributed by atoms with Gasteiger partial charge in [-0.1, -0.05) is 60.7 Å². The summed E-state index contributed by atoms with van der Waals surface area (Å²) in [7, 11) is 0. The maximum atomic E-state index is 12.8. The number of nitrogens with one attached hydrogen (secondary N) is 2. The molecular formula is C27H29N5O3. The molecule has 0 radical (unpaired) electrons. The van der Waals surface area contributed by atoms with Gasteiger partial charge in [-0.2, -0.15) is 0 Å². The van der Waals surface area contributed by atoms with Crippen molar-refractivity contribution in [3.63, 3.8) is 0 Å². The monoisotopic (exact) mass is 471 g/mol. The van der Waals surface area contributed by atoms with Gasteiger partial charge in [-0.05, 0) is 42.4 Å². The second kappa shape index (κ2) is 11.9. The van der Waals surface area contributed by atoms with Gasteiger partial charge in [-0.15, -0.1) is 0 Å². The number of carbonyl (C=O) groups is 2. The van der Waals surface area contributed by atoms with Crippen LogP contribution in [0.15, 0.2) is 72.9 Å². The van der Waals surface area contributed by atoms with Gasteiger partial charge in [0.1, 0.15) is 12.3 Å². The van der Waals surface area contributed by atoms with E-state index in [9.17, 15) is 9.59 Å². The normalized spacial score (nSPS) is 13.8. The smallest absolute Gasteiger partial charge is 0.410 e. The van der Waals surface area contributed by atoms with Gasteiger partial charge in [0, 0.05) is 25.8 Å². The van der Waals surface area contributed by atoms with Crippen molar-refractivity contribution in [3.05, 3.63) is 89.7 Å². The van der Waals surface area contributed by atoms with E-state index in [2.05, 4.69) is 15.3 Å². The van der Waals surface area contributed by atoms with E-state index in [0.717, 1.165) is 24.0 Å². The van der Waals surface area contributed by atoms with Crippen LogP contribution in [-0.4, -0.2) is 45.5 Å². The number of ether oxygens (including phenoxy) is 1. The van der Waals surface area contributed by atoms with Crippen molar-refractivity contribution in [2.24, 2.45) is 5.92 Å². The molecule has 1 fully saturated rings. The van der Waals surface area contributed by atoms with Gasteiger partial charge in [-0.3, -0.25) is 4.79 Å². The summed E-state index contributed by atoms with van der Waals surface area (Å²) in [6, 6.07) is 21.0. The lowest BCUT2D eigenvalue weighted by molar-refractivity contribution is 0.0825. The fourth-order valence-electron chi connectivity index (χ4n) is 4.01. The predicted molar refractivity (Wildman–Crippen MR) is 133 cm³/mol. The van der Waals surface area contributed by atoms with Crippen LogP contribution in [0.25, 0.3) is 0 Å². The molecule has 1 aromatic heterocycles. The molecule has 2 heterocycles. The molecule has 0 aliphatic carbocycles. The maximum absolute atomic E-state index is 12.8. The number of hydrogen-bond donors (Lipinski definition) is 2. The van der Waals surface area contributed by atoms with Gasteiger partial charge >= 0.3 is 6.09 Å². The first-order valence-electron chi connectivity index (χ1n) is 11.8. The number of nitrogens with zero attached hydrogens (tertiary/aromatic N) is 3. The van der Waals surface area contributed by atoms with E-state index in [4.69, 9.17) is 10.1 Å². The highest BCUT2D eigenvalue weighted by molar-refractivity contribution is 6.44. The number of rotatable bonds is 9. The van der Waals surface area contributed by atoms with E-state index in [1.807, 2.05) is 60.7 Å². The van der Waals surface area contributed by atoms with Crippen molar-refractivity contribution < 1.29 is 14.3 Å². The zero-order valence-electron chi connectivity index (χ0n) is 19.5. The van der Waals surface area contributed by atoms with Crippen molar-refractivity contribution in [1.82, 2.24) is 14.9 Å². The zero-order valence-corrected chi connectivity index (χ0v) is 19.5. The molecule has 1 amide bonds. The Kier molecular flexibility index (Phi) is 8.17. The van der Waals surface area contributed by atoms with Crippen LogP contribution in [0.4, 0.5) is 10.7 Å². The summed E-state index contributed by atoms with van der Waals surface area (Å²) in [4.78, 5) is 35.3. The Bertz CT molecular complexity index is 1150. The third kappa shape index (κ3) is 6.96. The first-order chi connectivity index (χ1) is 17.1. The van der Waals surface area contributed by atoms with E-state index in [1.165, 1.54) is 12.3 Å². The molecule has 2 aromatic carbocycles. The summed E-state index contributed by atoms with van der Waals surface area (Å²) < 4.78 is 5.41. The van der Waals surface area contributed by atoms with Crippen LogP contribution in [0, 0.1) is 11.3 Å². The molecule has 3 aromatic rings. The number of aromatic nitrogens is 2. The SMILES string of the molecule is N=C(CC1CCN(C(=O)OCc2ccccc2)CC1)C(=O)c1ccnc(NCc2ccccc2)n1. The van der Waals surface area contributed by atoms with Crippen molar-refractivity contribution in [2.75, 3.05) is 18.4 Å². The lowest BCUT2D eigenvalue weighted by Gasteiger charge is -2.31. The third-order valence-corrected chi connectivity index (χ3v) is 6.03. The van der Waals surface area contributed by atoms with Crippen molar-refractivity contribution >= 4 is 23.5 Å². The minimum Gasteiger partial charge on any atom is -0.445 e. The Balaban J connectivity index is 1.22. The lowest BCUT2D eigenvalue weighted by atomic mass is 9.90. The number of anilines is 1. The van der Waals surface area contributed by atoms with Gasteiger partial charge in [0.25, 0.3) is 0 Å². The summed E-state index contributed by atoms with van der Waals surface area (Å²) in [6.45, 7) is 1.91. The highest BCUT2D eigenvalue weighted by Crippen LogP contribution is 2.22. The largest absolute Gasteiger partial charge is 0.445 e. The Morgan fingerprint density at radius 1 is 0.971 bits per heavy atom. The average Bonchev–Trinajstić information content (AvgIpc) is 2.92. The summed E-state index contributed by atoms with van der Waals surface area (Å²) in [5, 5.41) is 11.5. The predicted octanol–water partition coefficient (Wildman–Crippen LogP) is 4.73. The number of benzene rings is 2. The topological polar surface area (TPSA) is 108 Å². The number of piperidine rings is 1. The summed E-state index contributed by atoms with van der Waals surface area (Å²) >= 11 is 0. The van der Waals surface area contributed by atoms with Crippen LogP contribution in [0.1, 0.15) is 40.9 Å². The molecular weight excluding hydrogens is 442 g/mol. The lowest BCUT2D eigenvalue weighted by Crippen LogP contribution is -2.39. The number of ketones is 1. The third-order valence-electron chi connectivity index (χ3n) is 6.03. The van der Waals surface area contributed by atoms with Gasteiger partial charge in [-0.25, -0.2) is 14.8 Å². The molecule has 0 bridgehead atoms. The van der Waals surface area contributed by atoms with Crippen LogP contribution in [0.5, 0.6) is 0 Å². The molecule has 0 atom stereocenters. The quantitative estimate of drug-likeness (QED) is 0.345. The van der Waals surface area contributed by atoms with Crippen LogP contribution in [0.3, 0.4) is 0 Å². The number of carbonyl (C=O) groups excluding carboxylic acids is 2. The maximum Gasteiger partial charge on any atom is 0.410 e. The molecule has 1 saturated heterocycles. The van der Waals surface area contributed by atoms with Crippen LogP contribution in [-0.2, 0) is 17.9 Å². The van der Waals surface area contributed by atoms with Gasteiger partial charge in [0.15, 0.2) is 0 Å². The van der Waals surface area contributed by atoms with E-state index < -0.39 is 0 Å².